The van der Waals surface area contributed by atoms with Crippen molar-refractivity contribution in [2.24, 2.45) is 5.73 Å². The average molecular weight is 413 g/mol. The van der Waals surface area contributed by atoms with Gasteiger partial charge in [-0.3, -0.25) is 9.36 Å². The lowest BCUT2D eigenvalue weighted by Crippen LogP contribution is -2.26. The van der Waals surface area contributed by atoms with Crippen LogP contribution in [0.5, 0.6) is 0 Å². The molecule has 0 spiro atoms. The highest BCUT2D eigenvalue weighted by Gasteiger charge is 2.37. The molecule has 4 aromatic rings. The number of hydrogen-bond acceptors (Lipinski definition) is 3. The molecule has 3 aromatic carbocycles. The van der Waals surface area contributed by atoms with Gasteiger partial charge in [0.15, 0.2) is 0 Å². The second-order valence-electron chi connectivity index (χ2n) is 6.37. The molecule has 4 rings (SSSR count). The Morgan fingerprint density at radius 2 is 1.86 bits per heavy atom. The van der Waals surface area contributed by atoms with Crippen molar-refractivity contribution in [2.45, 2.75) is 6.92 Å². The normalized spacial score (nSPS) is 13.6. The number of primary amides is 1. The zero-order chi connectivity index (χ0) is 19.9. The molecule has 7 heteroatoms. The third kappa shape index (κ3) is 2.92. The molecule has 0 fully saturated rings. The van der Waals surface area contributed by atoms with E-state index < -0.39 is 13.3 Å². The molecule has 5 nitrogen and oxygen atoms in total. The van der Waals surface area contributed by atoms with Crippen LogP contribution in [0.1, 0.15) is 17.4 Å². The van der Waals surface area contributed by atoms with Crippen molar-refractivity contribution in [2.75, 3.05) is 6.61 Å². The zero-order valence-electron chi connectivity index (χ0n) is 15.1. The number of rotatable bonds is 5. The van der Waals surface area contributed by atoms with E-state index in [1.165, 1.54) is 0 Å². The van der Waals surface area contributed by atoms with Crippen LogP contribution in [0.25, 0.3) is 21.7 Å². The van der Waals surface area contributed by atoms with Crippen molar-refractivity contribution in [3.8, 4) is 0 Å². The number of H-pyrrole nitrogens is 1. The molecule has 0 aliphatic carbocycles. The number of carbonyl (C=O) groups excluding carboxylic acids is 1. The summed E-state index contributed by atoms with van der Waals surface area (Å²) < 4.78 is 20.3. The van der Waals surface area contributed by atoms with Crippen molar-refractivity contribution < 1.29 is 13.9 Å². The largest absolute Gasteiger partial charge is 0.364 e. The van der Waals surface area contributed by atoms with Crippen LogP contribution in [0.2, 0.25) is 5.02 Å². The fourth-order valence-corrected chi connectivity index (χ4v) is 6.35. The lowest BCUT2D eigenvalue weighted by molar-refractivity contribution is 0.0997. The first-order valence-electron chi connectivity index (χ1n) is 8.80. The lowest BCUT2D eigenvalue weighted by Gasteiger charge is -2.21. The van der Waals surface area contributed by atoms with E-state index in [1.54, 1.807) is 31.2 Å². The van der Waals surface area contributed by atoms with Gasteiger partial charge in [0.25, 0.3) is 13.3 Å². The minimum Gasteiger partial charge on any atom is -0.364 e. The summed E-state index contributed by atoms with van der Waals surface area (Å²) in [6.45, 7) is 1.97. The van der Waals surface area contributed by atoms with Crippen LogP contribution >= 0.6 is 19.0 Å². The molecule has 142 valence electrons. The summed E-state index contributed by atoms with van der Waals surface area (Å²) in [4.78, 5) is 15.2. The van der Waals surface area contributed by atoms with Gasteiger partial charge in [-0.05, 0) is 42.0 Å². The van der Waals surface area contributed by atoms with Crippen LogP contribution < -0.4 is 16.3 Å². The number of nitrogens with two attached hydrogens (primary N) is 1. The predicted molar refractivity (Wildman–Crippen MR) is 114 cm³/mol. The maximum absolute atomic E-state index is 14.4. The second-order valence-corrected chi connectivity index (χ2v) is 9.10. The van der Waals surface area contributed by atoms with Gasteiger partial charge < -0.3 is 15.2 Å². The minimum atomic E-state index is -3.67. The first-order chi connectivity index (χ1) is 13.5. The Labute approximate surface area is 166 Å². The highest BCUT2D eigenvalue weighted by Crippen LogP contribution is 2.49. The SMILES string of the molecule is CCOP(=O)(c1cccc2ccccc12)c1c(C(N)=O)[nH]c2ccc(Cl)cc12. The Morgan fingerprint density at radius 1 is 1.11 bits per heavy atom. The summed E-state index contributed by atoms with van der Waals surface area (Å²) >= 11 is 6.19. The molecule has 0 radical (unpaired) electrons. The topological polar surface area (TPSA) is 85.2 Å². The number of benzene rings is 3. The minimum absolute atomic E-state index is 0.0713. The summed E-state index contributed by atoms with van der Waals surface area (Å²) in [7, 11) is -3.67. The van der Waals surface area contributed by atoms with Gasteiger partial charge in [0.05, 0.1) is 11.9 Å². The van der Waals surface area contributed by atoms with Crippen LogP contribution in [-0.4, -0.2) is 17.5 Å². The summed E-state index contributed by atoms with van der Waals surface area (Å²) in [5.41, 5.74) is 6.31. The van der Waals surface area contributed by atoms with Crippen LogP contribution in [-0.2, 0) is 9.09 Å². The summed E-state index contributed by atoms with van der Waals surface area (Å²) in [6.07, 6.45) is 0. The molecule has 1 unspecified atom stereocenters. The van der Waals surface area contributed by atoms with Gasteiger partial charge in [-0.2, -0.15) is 0 Å². The Bertz CT molecular complexity index is 1260. The monoisotopic (exact) mass is 412 g/mol. The van der Waals surface area contributed by atoms with Gasteiger partial charge >= 0.3 is 0 Å². The number of fused-ring (bicyclic) bond motifs is 2. The van der Waals surface area contributed by atoms with E-state index in [9.17, 15) is 9.36 Å². The number of aromatic nitrogens is 1. The molecule has 1 amide bonds. The second kappa shape index (κ2) is 7.10. The maximum atomic E-state index is 14.4. The third-order valence-electron chi connectivity index (χ3n) is 4.67. The summed E-state index contributed by atoms with van der Waals surface area (Å²) in [5.74, 6) is -0.706. The molecule has 0 saturated carbocycles. The van der Waals surface area contributed by atoms with Crippen LogP contribution in [0.15, 0.2) is 60.7 Å². The Kier molecular flexibility index (Phi) is 4.76. The summed E-state index contributed by atoms with van der Waals surface area (Å²) in [5, 5.41) is 3.54. The molecule has 28 heavy (non-hydrogen) atoms. The third-order valence-corrected chi connectivity index (χ3v) is 7.60. The molecule has 0 aliphatic heterocycles. The van der Waals surface area contributed by atoms with E-state index in [-0.39, 0.29) is 17.6 Å². The number of hydrogen-bond donors (Lipinski definition) is 2. The van der Waals surface area contributed by atoms with Crippen LogP contribution in [0.4, 0.5) is 0 Å². The van der Waals surface area contributed by atoms with Crippen molar-refractivity contribution in [3.63, 3.8) is 0 Å². The van der Waals surface area contributed by atoms with Crippen LogP contribution in [0.3, 0.4) is 0 Å². The molecule has 1 aromatic heterocycles. The molecule has 3 N–H and O–H groups in total. The highest BCUT2D eigenvalue weighted by atomic mass is 35.5. The van der Waals surface area contributed by atoms with E-state index in [0.29, 0.717) is 21.2 Å². The quantitative estimate of drug-likeness (QED) is 0.478. The average Bonchev–Trinajstić information content (AvgIpc) is 3.07. The van der Waals surface area contributed by atoms with E-state index in [0.717, 1.165) is 10.8 Å². The van der Waals surface area contributed by atoms with Crippen molar-refractivity contribution in [3.05, 3.63) is 71.4 Å². The van der Waals surface area contributed by atoms with Crippen molar-refractivity contribution in [1.29, 1.82) is 0 Å². The number of halogens is 1. The Morgan fingerprint density at radius 3 is 2.61 bits per heavy atom. The van der Waals surface area contributed by atoms with E-state index >= 15 is 0 Å². The molecule has 0 bridgehead atoms. The van der Waals surface area contributed by atoms with E-state index in [2.05, 4.69) is 4.98 Å². The zero-order valence-corrected chi connectivity index (χ0v) is 16.8. The van der Waals surface area contributed by atoms with E-state index in [1.807, 2.05) is 36.4 Å². The maximum Gasteiger partial charge on any atom is 0.266 e. The molecule has 1 atom stereocenters. The van der Waals surface area contributed by atoms with E-state index in [4.69, 9.17) is 21.9 Å². The number of amides is 1. The Balaban J connectivity index is 2.14. The summed E-state index contributed by atoms with van der Waals surface area (Å²) in [6, 6.07) is 18.3. The van der Waals surface area contributed by atoms with Gasteiger partial charge in [0, 0.05) is 21.2 Å². The van der Waals surface area contributed by atoms with Gasteiger partial charge in [0.2, 0.25) is 0 Å². The first-order valence-corrected chi connectivity index (χ1v) is 10.8. The standard InChI is InChI=1S/C21H18ClN2O3P/c1-2-27-28(26,18-9-5-7-13-6-3-4-8-15(13)18)20-16-12-14(22)10-11-17(16)24-19(20)21(23)25/h3-12,24H,2H2,1H3,(H2,23,25). The van der Waals surface area contributed by atoms with Crippen molar-refractivity contribution in [1.82, 2.24) is 4.98 Å². The fourth-order valence-electron chi connectivity index (χ4n) is 3.54. The van der Waals surface area contributed by atoms with Crippen molar-refractivity contribution >= 4 is 57.2 Å². The highest BCUT2D eigenvalue weighted by molar-refractivity contribution is 7.75. The lowest BCUT2D eigenvalue weighted by atomic mass is 10.1. The smallest absolute Gasteiger partial charge is 0.266 e. The number of carbonyl (C=O) groups is 1. The Hall–Kier alpha value is -2.59. The molecular weight excluding hydrogens is 395 g/mol. The first kappa shape index (κ1) is 18.8. The van der Waals surface area contributed by atoms with Crippen LogP contribution in [0, 0.1) is 0 Å². The molecular formula is C21H18ClN2O3P. The molecule has 0 saturated heterocycles. The number of nitrogens with one attached hydrogen (secondary N) is 1. The predicted octanol–water partition coefficient (Wildman–Crippen LogP) is 4.34. The molecule has 1 heterocycles. The van der Waals surface area contributed by atoms with Gasteiger partial charge in [0.1, 0.15) is 5.69 Å². The fraction of sp³-hybridized carbons (Fsp3) is 0.0952. The van der Waals surface area contributed by atoms with Gasteiger partial charge in [-0.15, -0.1) is 0 Å². The molecule has 0 aliphatic rings. The van der Waals surface area contributed by atoms with Gasteiger partial charge in [-0.25, -0.2) is 0 Å². The number of aromatic amines is 1. The van der Waals surface area contributed by atoms with Gasteiger partial charge in [-0.1, -0.05) is 48.0 Å².